The minimum atomic E-state index is -0.645. The van der Waals surface area contributed by atoms with Gasteiger partial charge in [0.25, 0.3) is 5.91 Å². The monoisotopic (exact) mass is 519 g/mol. The van der Waals surface area contributed by atoms with Crippen LogP contribution in [0, 0.1) is 10.1 Å². The standard InChI is InChI=1S/C27H19Cl2N3O4/c28-23-10-3-1-6-18(23)12-17-13-19(26(33)25(14-17)32(35)36)16-30-20-7-5-8-21(15-20)31-27(34)22-9-2-4-11-24(22)29/h1-11,13-16,33H,12H2,(H,31,34). The van der Waals surface area contributed by atoms with Crippen molar-refractivity contribution in [1.29, 1.82) is 0 Å². The van der Waals surface area contributed by atoms with Gasteiger partial charge in [0, 0.05) is 28.6 Å². The number of aromatic hydroxyl groups is 1. The van der Waals surface area contributed by atoms with Gasteiger partial charge in [-0.05, 0) is 60.0 Å². The molecule has 7 nitrogen and oxygen atoms in total. The maximum atomic E-state index is 12.5. The molecule has 0 fully saturated rings. The SMILES string of the molecule is O=C(Nc1cccc(N=Cc2cc(Cc3ccccc3Cl)cc([N+](=O)[O-])c2O)c1)c1ccccc1Cl. The largest absolute Gasteiger partial charge is 0.502 e. The second-order valence-corrected chi connectivity index (χ2v) is 8.63. The molecule has 0 aliphatic heterocycles. The molecule has 1 amide bonds. The number of phenolic OH excluding ortho intramolecular Hbond substituents is 1. The number of carbonyl (C=O) groups is 1. The number of nitrogens with one attached hydrogen (secondary N) is 1. The molecule has 180 valence electrons. The highest BCUT2D eigenvalue weighted by Gasteiger charge is 2.19. The van der Waals surface area contributed by atoms with Crippen molar-refractivity contribution >= 4 is 52.4 Å². The Morgan fingerprint density at radius 1 is 0.972 bits per heavy atom. The fourth-order valence-corrected chi connectivity index (χ4v) is 3.98. The summed E-state index contributed by atoms with van der Waals surface area (Å²) in [5.74, 6) is -0.864. The van der Waals surface area contributed by atoms with Gasteiger partial charge in [0.15, 0.2) is 0 Å². The van der Waals surface area contributed by atoms with Crippen LogP contribution in [0.3, 0.4) is 0 Å². The summed E-state index contributed by atoms with van der Waals surface area (Å²) in [7, 11) is 0. The Hall–Kier alpha value is -4.20. The molecular weight excluding hydrogens is 501 g/mol. The van der Waals surface area contributed by atoms with E-state index in [4.69, 9.17) is 23.2 Å². The zero-order valence-electron chi connectivity index (χ0n) is 18.7. The molecule has 0 saturated heterocycles. The molecule has 0 bridgehead atoms. The lowest BCUT2D eigenvalue weighted by molar-refractivity contribution is -0.385. The number of hydrogen-bond donors (Lipinski definition) is 2. The molecule has 0 heterocycles. The second-order valence-electron chi connectivity index (χ2n) is 7.82. The number of phenols is 1. The van der Waals surface area contributed by atoms with Crippen LogP contribution < -0.4 is 5.32 Å². The highest BCUT2D eigenvalue weighted by molar-refractivity contribution is 6.34. The number of amides is 1. The fraction of sp³-hybridized carbons (Fsp3) is 0.0370. The maximum Gasteiger partial charge on any atom is 0.311 e. The van der Waals surface area contributed by atoms with Gasteiger partial charge in [0.05, 0.1) is 21.2 Å². The molecule has 9 heteroatoms. The first-order valence-corrected chi connectivity index (χ1v) is 11.5. The Morgan fingerprint density at radius 3 is 2.42 bits per heavy atom. The van der Waals surface area contributed by atoms with Gasteiger partial charge in [-0.1, -0.05) is 59.6 Å². The van der Waals surface area contributed by atoms with Crippen molar-refractivity contribution in [2.24, 2.45) is 4.99 Å². The van der Waals surface area contributed by atoms with E-state index in [1.807, 2.05) is 12.1 Å². The third kappa shape index (κ3) is 5.89. The van der Waals surface area contributed by atoms with Gasteiger partial charge in [-0.15, -0.1) is 0 Å². The topological polar surface area (TPSA) is 105 Å². The van der Waals surface area contributed by atoms with Crippen molar-refractivity contribution in [3.63, 3.8) is 0 Å². The summed E-state index contributed by atoms with van der Waals surface area (Å²) >= 11 is 12.3. The van der Waals surface area contributed by atoms with Gasteiger partial charge < -0.3 is 10.4 Å². The Kier molecular flexibility index (Phi) is 7.63. The lowest BCUT2D eigenvalue weighted by atomic mass is 10.0. The average molecular weight is 520 g/mol. The van der Waals surface area contributed by atoms with Crippen molar-refractivity contribution < 1.29 is 14.8 Å². The molecular formula is C27H19Cl2N3O4. The molecule has 4 aromatic rings. The summed E-state index contributed by atoms with van der Waals surface area (Å²) in [6.07, 6.45) is 1.68. The highest BCUT2D eigenvalue weighted by Crippen LogP contribution is 2.32. The van der Waals surface area contributed by atoms with E-state index in [2.05, 4.69) is 10.3 Å². The fourth-order valence-electron chi connectivity index (χ4n) is 3.55. The number of aliphatic imine (C=N–C) groups is 1. The minimum absolute atomic E-state index is 0.178. The van der Waals surface area contributed by atoms with Crippen molar-refractivity contribution in [3.8, 4) is 5.75 Å². The van der Waals surface area contributed by atoms with Crippen LogP contribution in [0.25, 0.3) is 0 Å². The normalized spacial score (nSPS) is 10.9. The summed E-state index contributed by atoms with van der Waals surface area (Å²) in [6.45, 7) is 0. The molecule has 0 unspecified atom stereocenters. The molecule has 36 heavy (non-hydrogen) atoms. The summed E-state index contributed by atoms with van der Waals surface area (Å²) in [6, 6.07) is 23.6. The smallest absolute Gasteiger partial charge is 0.311 e. The zero-order valence-corrected chi connectivity index (χ0v) is 20.2. The number of nitro groups is 1. The predicted molar refractivity (Wildman–Crippen MR) is 142 cm³/mol. The number of rotatable bonds is 7. The lowest BCUT2D eigenvalue weighted by Crippen LogP contribution is -2.12. The molecule has 0 atom stereocenters. The van der Waals surface area contributed by atoms with E-state index in [-0.39, 0.29) is 11.5 Å². The van der Waals surface area contributed by atoms with Crippen LogP contribution in [0.15, 0.2) is 89.9 Å². The average Bonchev–Trinajstić information content (AvgIpc) is 2.86. The quantitative estimate of drug-likeness (QED) is 0.153. The van der Waals surface area contributed by atoms with Gasteiger partial charge >= 0.3 is 5.69 Å². The third-order valence-electron chi connectivity index (χ3n) is 5.30. The van der Waals surface area contributed by atoms with Gasteiger partial charge in [-0.25, -0.2) is 0 Å². The summed E-state index contributed by atoms with van der Waals surface area (Å²) in [5, 5.41) is 25.7. The number of nitro benzene ring substituents is 1. The van der Waals surface area contributed by atoms with Gasteiger partial charge in [-0.2, -0.15) is 0 Å². The Labute approximate surface area is 216 Å². The maximum absolute atomic E-state index is 12.5. The van der Waals surface area contributed by atoms with E-state index >= 15 is 0 Å². The molecule has 0 radical (unpaired) electrons. The van der Waals surface area contributed by atoms with Gasteiger partial charge in [0.2, 0.25) is 5.75 Å². The van der Waals surface area contributed by atoms with E-state index in [1.54, 1.807) is 66.7 Å². The van der Waals surface area contributed by atoms with Crippen LogP contribution in [0.5, 0.6) is 5.75 Å². The van der Waals surface area contributed by atoms with Crippen LogP contribution in [0.2, 0.25) is 10.0 Å². The first-order chi connectivity index (χ1) is 17.3. The second kappa shape index (κ2) is 11.0. The van der Waals surface area contributed by atoms with E-state index in [1.165, 1.54) is 12.3 Å². The van der Waals surface area contributed by atoms with Crippen LogP contribution >= 0.6 is 23.2 Å². The highest BCUT2D eigenvalue weighted by atomic mass is 35.5. The van der Waals surface area contributed by atoms with Crippen LogP contribution in [0.4, 0.5) is 17.1 Å². The molecule has 0 aliphatic rings. The number of nitrogens with zero attached hydrogens (tertiary/aromatic N) is 2. The van der Waals surface area contributed by atoms with Gasteiger partial charge in [-0.3, -0.25) is 19.9 Å². The third-order valence-corrected chi connectivity index (χ3v) is 6.00. The number of anilines is 1. The van der Waals surface area contributed by atoms with Crippen molar-refractivity contribution in [3.05, 3.63) is 127 Å². The summed E-state index contributed by atoms with van der Waals surface area (Å²) in [4.78, 5) is 27.8. The van der Waals surface area contributed by atoms with Crippen molar-refractivity contribution in [2.75, 3.05) is 5.32 Å². The zero-order chi connectivity index (χ0) is 25.7. The van der Waals surface area contributed by atoms with E-state index in [0.29, 0.717) is 39.0 Å². The van der Waals surface area contributed by atoms with E-state index < -0.39 is 16.4 Å². The molecule has 4 rings (SSSR count). The summed E-state index contributed by atoms with van der Waals surface area (Å²) < 4.78 is 0. The predicted octanol–water partition coefficient (Wildman–Crippen LogP) is 7.20. The number of halogens is 2. The first-order valence-electron chi connectivity index (χ1n) is 10.8. The molecule has 0 aliphatic carbocycles. The van der Waals surface area contributed by atoms with Gasteiger partial charge in [0.1, 0.15) is 0 Å². The molecule has 0 saturated carbocycles. The van der Waals surface area contributed by atoms with Crippen LogP contribution in [-0.4, -0.2) is 22.2 Å². The van der Waals surface area contributed by atoms with E-state index in [9.17, 15) is 20.0 Å². The van der Waals surface area contributed by atoms with Crippen LogP contribution in [-0.2, 0) is 6.42 Å². The number of hydrogen-bond acceptors (Lipinski definition) is 5. The minimum Gasteiger partial charge on any atom is -0.502 e. The molecule has 0 aromatic heterocycles. The number of carbonyl (C=O) groups excluding carboxylic acids is 1. The van der Waals surface area contributed by atoms with Crippen LogP contribution in [0.1, 0.15) is 27.0 Å². The Bertz CT molecular complexity index is 1490. The Balaban J connectivity index is 1.60. The summed E-state index contributed by atoms with van der Waals surface area (Å²) in [5.41, 5.74) is 2.42. The Morgan fingerprint density at radius 2 is 1.69 bits per heavy atom. The van der Waals surface area contributed by atoms with E-state index in [0.717, 1.165) is 5.56 Å². The number of benzene rings is 4. The molecule has 4 aromatic carbocycles. The van der Waals surface area contributed by atoms with Crippen molar-refractivity contribution in [1.82, 2.24) is 0 Å². The first kappa shape index (κ1) is 24.9. The molecule has 0 spiro atoms. The molecule has 2 N–H and O–H groups in total. The van der Waals surface area contributed by atoms with Crippen molar-refractivity contribution in [2.45, 2.75) is 6.42 Å². The lowest BCUT2D eigenvalue weighted by Gasteiger charge is -2.08.